The van der Waals surface area contributed by atoms with Crippen molar-refractivity contribution in [2.45, 2.75) is 6.10 Å². The zero-order valence-electron chi connectivity index (χ0n) is 10.4. The molecule has 0 radical (unpaired) electrons. The number of rotatable bonds is 3. The second-order valence-electron chi connectivity index (χ2n) is 4.41. The third-order valence-electron chi connectivity index (χ3n) is 3.15. The highest BCUT2D eigenvalue weighted by Gasteiger charge is 2.12. The Labute approximate surface area is 111 Å². The molecule has 0 unspecified atom stereocenters. The number of benzene rings is 2. The zero-order valence-corrected chi connectivity index (χ0v) is 10.4. The van der Waals surface area contributed by atoms with Gasteiger partial charge >= 0.3 is 0 Å². The summed E-state index contributed by atoms with van der Waals surface area (Å²) in [6.07, 6.45) is 0.858. The molecule has 0 aliphatic carbocycles. The largest absolute Gasteiger partial charge is 0.466 e. The highest BCUT2D eigenvalue weighted by molar-refractivity contribution is 5.63. The first kappa shape index (κ1) is 11.8. The summed E-state index contributed by atoms with van der Waals surface area (Å²) in [6, 6.07) is 21.6. The Morgan fingerprint density at radius 1 is 0.737 bits per heavy atom. The highest BCUT2D eigenvalue weighted by atomic mass is 16.4. The van der Waals surface area contributed by atoms with Gasteiger partial charge in [0.25, 0.3) is 0 Å². The molecule has 2 heteroatoms. The first-order chi connectivity index (χ1) is 9.34. The Morgan fingerprint density at radius 2 is 1.42 bits per heavy atom. The second-order valence-corrected chi connectivity index (χ2v) is 4.41. The molecule has 2 aromatic carbocycles. The van der Waals surface area contributed by atoms with Crippen LogP contribution in [0.1, 0.15) is 17.4 Å². The van der Waals surface area contributed by atoms with E-state index in [0.29, 0.717) is 5.76 Å². The summed E-state index contributed by atoms with van der Waals surface area (Å²) >= 11 is 0. The highest BCUT2D eigenvalue weighted by Crippen LogP contribution is 2.25. The zero-order chi connectivity index (χ0) is 13.1. The summed E-state index contributed by atoms with van der Waals surface area (Å²) in [5.41, 5.74) is 3.13. The van der Waals surface area contributed by atoms with Gasteiger partial charge in [0, 0.05) is 0 Å². The fraction of sp³-hybridized carbons (Fsp3) is 0.0588. The van der Waals surface area contributed by atoms with Crippen molar-refractivity contribution in [2.24, 2.45) is 0 Å². The molecular formula is C17H14O2. The monoisotopic (exact) mass is 250 g/mol. The van der Waals surface area contributed by atoms with Crippen molar-refractivity contribution in [3.8, 4) is 11.1 Å². The van der Waals surface area contributed by atoms with Crippen LogP contribution in [0.15, 0.2) is 77.4 Å². The molecule has 0 aliphatic heterocycles. The standard InChI is InChI=1S/C17H14O2/c18-17(16-7-4-12-19-16)15-10-8-14(9-11-15)13-5-2-1-3-6-13/h1-12,17-18H/t17-/m0/s1. The van der Waals surface area contributed by atoms with Gasteiger partial charge in [-0.1, -0.05) is 54.6 Å². The maximum Gasteiger partial charge on any atom is 0.137 e. The van der Waals surface area contributed by atoms with Gasteiger partial charge < -0.3 is 9.52 Å². The number of aliphatic hydroxyl groups is 1. The van der Waals surface area contributed by atoms with Crippen molar-refractivity contribution in [2.75, 3.05) is 0 Å². The fourth-order valence-corrected chi connectivity index (χ4v) is 2.10. The first-order valence-electron chi connectivity index (χ1n) is 6.21. The molecular weight excluding hydrogens is 236 g/mol. The molecule has 0 saturated heterocycles. The van der Waals surface area contributed by atoms with Gasteiger partial charge in [0.15, 0.2) is 0 Å². The molecule has 1 N–H and O–H groups in total. The summed E-state index contributed by atoms with van der Waals surface area (Å²) in [5.74, 6) is 0.562. The van der Waals surface area contributed by atoms with Crippen molar-refractivity contribution in [1.82, 2.24) is 0 Å². The second kappa shape index (κ2) is 5.12. The van der Waals surface area contributed by atoms with E-state index < -0.39 is 6.10 Å². The minimum Gasteiger partial charge on any atom is -0.466 e. The molecule has 0 spiro atoms. The van der Waals surface area contributed by atoms with E-state index in [-0.39, 0.29) is 0 Å². The quantitative estimate of drug-likeness (QED) is 0.761. The Morgan fingerprint density at radius 3 is 2.05 bits per heavy atom. The normalized spacial score (nSPS) is 12.3. The molecule has 1 heterocycles. The van der Waals surface area contributed by atoms with E-state index in [1.165, 1.54) is 5.56 Å². The molecule has 0 bridgehead atoms. The van der Waals surface area contributed by atoms with E-state index >= 15 is 0 Å². The summed E-state index contributed by atoms with van der Waals surface area (Å²) < 4.78 is 5.21. The molecule has 0 aliphatic rings. The summed E-state index contributed by atoms with van der Waals surface area (Å²) in [5, 5.41) is 10.1. The number of hydrogen-bond acceptors (Lipinski definition) is 2. The van der Waals surface area contributed by atoms with Gasteiger partial charge in [0.05, 0.1) is 6.26 Å². The van der Waals surface area contributed by atoms with E-state index in [4.69, 9.17) is 4.42 Å². The summed E-state index contributed by atoms with van der Waals surface area (Å²) in [6.45, 7) is 0. The molecule has 0 fully saturated rings. The Balaban J connectivity index is 1.87. The van der Waals surface area contributed by atoms with Crippen molar-refractivity contribution < 1.29 is 9.52 Å². The lowest BCUT2D eigenvalue weighted by molar-refractivity contribution is 0.189. The van der Waals surface area contributed by atoms with Gasteiger partial charge in [-0.2, -0.15) is 0 Å². The maximum absolute atomic E-state index is 10.1. The Hall–Kier alpha value is -2.32. The van der Waals surface area contributed by atoms with Crippen LogP contribution < -0.4 is 0 Å². The SMILES string of the molecule is O[C@@H](c1ccc(-c2ccccc2)cc1)c1ccco1. The van der Waals surface area contributed by atoms with Gasteiger partial charge in [0.1, 0.15) is 11.9 Å². The van der Waals surface area contributed by atoms with E-state index in [9.17, 15) is 5.11 Å². The van der Waals surface area contributed by atoms with Crippen LogP contribution in [0.4, 0.5) is 0 Å². The van der Waals surface area contributed by atoms with Crippen LogP contribution in [0.25, 0.3) is 11.1 Å². The number of aliphatic hydroxyl groups excluding tert-OH is 1. The topological polar surface area (TPSA) is 33.4 Å². The van der Waals surface area contributed by atoms with Gasteiger partial charge in [0.2, 0.25) is 0 Å². The molecule has 0 amide bonds. The van der Waals surface area contributed by atoms with E-state index in [2.05, 4.69) is 12.1 Å². The number of furan rings is 1. The van der Waals surface area contributed by atoms with Crippen molar-refractivity contribution in [3.05, 3.63) is 84.3 Å². The van der Waals surface area contributed by atoms with Crippen LogP contribution in [-0.2, 0) is 0 Å². The van der Waals surface area contributed by atoms with E-state index in [0.717, 1.165) is 11.1 Å². The van der Waals surface area contributed by atoms with Crippen LogP contribution in [-0.4, -0.2) is 5.11 Å². The lowest BCUT2D eigenvalue weighted by atomic mass is 10.0. The smallest absolute Gasteiger partial charge is 0.137 e. The molecule has 2 nitrogen and oxygen atoms in total. The third-order valence-corrected chi connectivity index (χ3v) is 3.15. The Bertz CT molecular complexity index is 625. The van der Waals surface area contributed by atoms with Crippen LogP contribution in [0.5, 0.6) is 0 Å². The molecule has 1 atom stereocenters. The van der Waals surface area contributed by atoms with Crippen LogP contribution >= 0.6 is 0 Å². The lowest BCUT2D eigenvalue weighted by Gasteiger charge is -2.09. The minimum absolute atomic E-state index is 0.562. The van der Waals surface area contributed by atoms with Crippen molar-refractivity contribution >= 4 is 0 Å². The van der Waals surface area contributed by atoms with Crippen LogP contribution in [0.2, 0.25) is 0 Å². The predicted molar refractivity (Wildman–Crippen MR) is 74.6 cm³/mol. The molecule has 19 heavy (non-hydrogen) atoms. The molecule has 3 rings (SSSR count). The summed E-state index contributed by atoms with van der Waals surface area (Å²) in [7, 11) is 0. The lowest BCUT2D eigenvalue weighted by Crippen LogP contribution is -1.97. The Kier molecular flexibility index (Phi) is 3.17. The molecule has 1 aromatic heterocycles. The first-order valence-corrected chi connectivity index (χ1v) is 6.21. The maximum atomic E-state index is 10.1. The van der Waals surface area contributed by atoms with Gasteiger partial charge in [-0.05, 0) is 28.8 Å². The molecule has 94 valence electrons. The fourth-order valence-electron chi connectivity index (χ4n) is 2.10. The predicted octanol–water partition coefficient (Wildman–Crippen LogP) is 4.03. The third kappa shape index (κ3) is 2.44. The van der Waals surface area contributed by atoms with Crippen LogP contribution in [0.3, 0.4) is 0 Å². The minimum atomic E-state index is -0.708. The average molecular weight is 250 g/mol. The van der Waals surface area contributed by atoms with E-state index in [1.54, 1.807) is 18.4 Å². The van der Waals surface area contributed by atoms with Crippen LogP contribution in [0, 0.1) is 0 Å². The van der Waals surface area contributed by atoms with Crippen molar-refractivity contribution in [1.29, 1.82) is 0 Å². The van der Waals surface area contributed by atoms with Crippen molar-refractivity contribution in [3.63, 3.8) is 0 Å². The number of hydrogen-bond donors (Lipinski definition) is 1. The summed E-state index contributed by atoms with van der Waals surface area (Å²) in [4.78, 5) is 0. The molecule has 0 saturated carbocycles. The average Bonchev–Trinajstić information content (AvgIpc) is 3.02. The molecule has 3 aromatic rings. The van der Waals surface area contributed by atoms with Gasteiger partial charge in [-0.3, -0.25) is 0 Å². The van der Waals surface area contributed by atoms with Gasteiger partial charge in [-0.15, -0.1) is 0 Å². The van der Waals surface area contributed by atoms with E-state index in [1.807, 2.05) is 42.5 Å². The van der Waals surface area contributed by atoms with Gasteiger partial charge in [-0.25, -0.2) is 0 Å².